The molecule has 0 saturated carbocycles. The Bertz CT molecular complexity index is 1160. The van der Waals surface area contributed by atoms with Gasteiger partial charge in [0.15, 0.2) is 0 Å². The maximum absolute atomic E-state index is 13.0. The lowest BCUT2D eigenvalue weighted by Gasteiger charge is -2.34. The van der Waals surface area contributed by atoms with Crippen LogP contribution in [0.3, 0.4) is 0 Å². The van der Waals surface area contributed by atoms with E-state index in [1.54, 1.807) is 41.3 Å². The third kappa shape index (κ3) is 4.25. The summed E-state index contributed by atoms with van der Waals surface area (Å²) in [4.78, 5) is 29.2. The number of aromatic amines is 1. The molecule has 2 amide bonds. The van der Waals surface area contributed by atoms with Gasteiger partial charge in [0.2, 0.25) is 0 Å². The van der Waals surface area contributed by atoms with Crippen LogP contribution in [0.15, 0.2) is 36.4 Å². The summed E-state index contributed by atoms with van der Waals surface area (Å²) in [5, 5.41) is 11.7. The lowest BCUT2D eigenvalue weighted by atomic mass is 9.88. The van der Waals surface area contributed by atoms with E-state index in [1.807, 2.05) is 4.90 Å². The quantitative estimate of drug-likeness (QED) is 0.620. The molecule has 1 aromatic heterocycles. The Morgan fingerprint density at radius 1 is 0.969 bits per heavy atom. The predicted molar refractivity (Wildman–Crippen MR) is 120 cm³/mol. The van der Waals surface area contributed by atoms with Gasteiger partial charge in [-0.15, -0.1) is 0 Å². The van der Waals surface area contributed by atoms with Gasteiger partial charge in [-0.25, -0.2) is 4.79 Å². The van der Waals surface area contributed by atoms with E-state index in [2.05, 4.69) is 15.4 Å². The topological polar surface area (TPSA) is 91.4 Å². The molecule has 166 valence electrons. The highest BCUT2D eigenvalue weighted by Crippen LogP contribution is 2.32. The lowest BCUT2D eigenvalue weighted by molar-refractivity contribution is 0.0642. The Hall–Kier alpha value is -2.84. The third-order valence-electron chi connectivity index (χ3n) is 6.19. The SMILES string of the molecule is O=C(OCc1cc(Cl)cc(Cl)c1)N1C[C@H]2CCN(C(=O)c3ccc4n[nH]nc4c3)C[C@H]2C1. The Labute approximate surface area is 194 Å². The van der Waals surface area contributed by atoms with E-state index in [4.69, 9.17) is 27.9 Å². The number of fused-ring (bicyclic) bond motifs is 2. The van der Waals surface area contributed by atoms with Crippen molar-refractivity contribution in [2.75, 3.05) is 26.2 Å². The summed E-state index contributed by atoms with van der Waals surface area (Å²) < 4.78 is 5.48. The molecule has 3 aromatic rings. The molecular formula is C22H21Cl2N5O3. The molecule has 8 nitrogen and oxygen atoms in total. The molecule has 2 aliphatic heterocycles. The molecule has 0 spiro atoms. The molecule has 2 fully saturated rings. The van der Waals surface area contributed by atoms with Crippen molar-refractivity contribution in [2.45, 2.75) is 13.0 Å². The number of nitrogens with one attached hydrogen (secondary N) is 1. The number of rotatable bonds is 3. The highest BCUT2D eigenvalue weighted by Gasteiger charge is 2.40. The molecule has 0 bridgehead atoms. The zero-order valence-electron chi connectivity index (χ0n) is 17.1. The zero-order chi connectivity index (χ0) is 22.2. The third-order valence-corrected chi connectivity index (χ3v) is 6.63. The van der Waals surface area contributed by atoms with Gasteiger partial charge in [0.1, 0.15) is 17.6 Å². The lowest BCUT2D eigenvalue weighted by Crippen LogP contribution is -2.43. The molecule has 2 atom stereocenters. The number of ether oxygens (including phenoxy) is 1. The van der Waals surface area contributed by atoms with Crippen LogP contribution in [0.4, 0.5) is 4.79 Å². The zero-order valence-corrected chi connectivity index (χ0v) is 18.6. The summed E-state index contributed by atoms with van der Waals surface area (Å²) in [5.74, 6) is 0.578. The number of nitrogens with zero attached hydrogens (tertiary/aromatic N) is 4. The minimum Gasteiger partial charge on any atom is -0.445 e. The van der Waals surface area contributed by atoms with Gasteiger partial charge in [0.05, 0.1) is 0 Å². The van der Waals surface area contributed by atoms with Gasteiger partial charge in [-0.2, -0.15) is 15.4 Å². The van der Waals surface area contributed by atoms with Crippen molar-refractivity contribution in [3.05, 3.63) is 57.6 Å². The number of hydrogen-bond acceptors (Lipinski definition) is 5. The summed E-state index contributed by atoms with van der Waals surface area (Å²) in [6.45, 7) is 2.62. The first-order chi connectivity index (χ1) is 15.5. The van der Waals surface area contributed by atoms with Crippen LogP contribution < -0.4 is 0 Å². The maximum atomic E-state index is 13.0. The van der Waals surface area contributed by atoms with Crippen molar-refractivity contribution in [3.63, 3.8) is 0 Å². The van der Waals surface area contributed by atoms with Crippen LogP contribution >= 0.6 is 23.2 Å². The highest BCUT2D eigenvalue weighted by atomic mass is 35.5. The van der Waals surface area contributed by atoms with E-state index >= 15 is 0 Å². The smallest absolute Gasteiger partial charge is 0.410 e. The van der Waals surface area contributed by atoms with Crippen LogP contribution in [0.5, 0.6) is 0 Å². The maximum Gasteiger partial charge on any atom is 0.410 e. The molecule has 2 aromatic carbocycles. The Morgan fingerprint density at radius 3 is 2.50 bits per heavy atom. The summed E-state index contributed by atoms with van der Waals surface area (Å²) in [6, 6.07) is 10.4. The number of carbonyl (C=O) groups is 2. The average molecular weight is 474 g/mol. The van der Waals surface area contributed by atoms with E-state index in [0.717, 1.165) is 17.5 Å². The Kier molecular flexibility index (Phi) is 5.65. The highest BCUT2D eigenvalue weighted by molar-refractivity contribution is 6.34. The van der Waals surface area contributed by atoms with E-state index < -0.39 is 0 Å². The number of halogens is 2. The minimum absolute atomic E-state index is 0.0211. The summed E-state index contributed by atoms with van der Waals surface area (Å²) in [5.41, 5.74) is 2.74. The van der Waals surface area contributed by atoms with Gasteiger partial charge >= 0.3 is 6.09 Å². The summed E-state index contributed by atoms with van der Waals surface area (Å²) >= 11 is 12.0. The molecule has 3 heterocycles. The Balaban J connectivity index is 1.19. The first kappa shape index (κ1) is 21.0. The van der Waals surface area contributed by atoms with Gasteiger partial charge in [-0.3, -0.25) is 4.79 Å². The Morgan fingerprint density at radius 2 is 1.69 bits per heavy atom. The van der Waals surface area contributed by atoms with E-state index in [1.165, 1.54) is 0 Å². The van der Waals surface area contributed by atoms with Gasteiger partial charge in [-0.1, -0.05) is 23.2 Å². The van der Waals surface area contributed by atoms with E-state index in [-0.39, 0.29) is 24.5 Å². The van der Waals surface area contributed by atoms with Crippen molar-refractivity contribution >= 4 is 46.2 Å². The van der Waals surface area contributed by atoms with Gasteiger partial charge < -0.3 is 14.5 Å². The summed E-state index contributed by atoms with van der Waals surface area (Å²) in [7, 11) is 0. The molecule has 1 N–H and O–H groups in total. The van der Waals surface area contributed by atoms with E-state index in [0.29, 0.717) is 53.2 Å². The molecule has 0 radical (unpaired) electrons. The molecule has 0 aliphatic carbocycles. The second kappa shape index (κ2) is 8.60. The normalized spacial score (nSPS) is 20.4. The van der Waals surface area contributed by atoms with Crippen LogP contribution in [0.1, 0.15) is 22.3 Å². The van der Waals surface area contributed by atoms with Crippen molar-refractivity contribution in [2.24, 2.45) is 11.8 Å². The van der Waals surface area contributed by atoms with Gasteiger partial charge in [-0.05, 0) is 60.2 Å². The van der Waals surface area contributed by atoms with Crippen LogP contribution in [0.2, 0.25) is 10.0 Å². The van der Waals surface area contributed by atoms with E-state index in [9.17, 15) is 9.59 Å². The standard InChI is InChI=1S/C22H21Cl2N5O3/c23-17-5-13(6-18(24)8-17)12-32-22(31)29-9-15-3-4-28(10-16(15)11-29)21(30)14-1-2-19-20(7-14)26-27-25-19/h1-2,5-8,15-16H,3-4,9-12H2,(H,25,26,27)/t15-,16+/m1/s1. The van der Waals surface area contributed by atoms with Crippen molar-refractivity contribution in [1.29, 1.82) is 0 Å². The number of carbonyl (C=O) groups excluding carboxylic acids is 2. The van der Waals surface area contributed by atoms with Crippen LogP contribution in [-0.2, 0) is 11.3 Å². The minimum atomic E-state index is -0.357. The van der Waals surface area contributed by atoms with Gasteiger partial charge in [0, 0.05) is 41.8 Å². The van der Waals surface area contributed by atoms with Gasteiger partial charge in [0.25, 0.3) is 5.91 Å². The molecule has 2 saturated heterocycles. The summed E-state index contributed by atoms with van der Waals surface area (Å²) in [6.07, 6.45) is 0.501. The van der Waals surface area contributed by atoms with Crippen molar-refractivity contribution in [3.8, 4) is 0 Å². The largest absolute Gasteiger partial charge is 0.445 e. The number of aromatic nitrogens is 3. The number of H-pyrrole nitrogens is 1. The fourth-order valence-corrected chi connectivity index (χ4v) is 5.16. The predicted octanol–water partition coefficient (Wildman–Crippen LogP) is 4.00. The first-order valence-corrected chi connectivity index (χ1v) is 11.2. The fraction of sp³-hybridized carbons (Fsp3) is 0.364. The van der Waals surface area contributed by atoms with Crippen molar-refractivity contribution < 1.29 is 14.3 Å². The molecule has 10 heteroatoms. The number of benzene rings is 2. The molecule has 5 rings (SSSR count). The molecule has 2 aliphatic rings. The second-order valence-electron chi connectivity index (χ2n) is 8.32. The average Bonchev–Trinajstić information content (AvgIpc) is 3.42. The first-order valence-electron chi connectivity index (χ1n) is 10.4. The van der Waals surface area contributed by atoms with Crippen molar-refractivity contribution in [1.82, 2.24) is 25.2 Å². The van der Waals surface area contributed by atoms with Crippen LogP contribution in [-0.4, -0.2) is 63.4 Å². The number of likely N-dealkylation sites (tertiary alicyclic amines) is 2. The molecular weight excluding hydrogens is 453 g/mol. The second-order valence-corrected chi connectivity index (χ2v) is 9.20. The number of hydrogen-bond donors (Lipinski definition) is 1. The molecule has 0 unspecified atom stereocenters. The number of piperidine rings is 1. The number of amides is 2. The van der Waals surface area contributed by atoms with Crippen LogP contribution in [0, 0.1) is 11.8 Å². The molecule has 32 heavy (non-hydrogen) atoms. The monoisotopic (exact) mass is 473 g/mol. The van der Waals surface area contributed by atoms with Crippen LogP contribution in [0.25, 0.3) is 11.0 Å². The fourth-order valence-electron chi connectivity index (χ4n) is 4.59.